The number of aromatic amines is 1. The average Bonchev–Trinajstić information content (AvgIpc) is 2.97. The van der Waals surface area contributed by atoms with E-state index in [1.54, 1.807) is 6.07 Å². The minimum Gasteiger partial charge on any atom is -0.324 e. The van der Waals surface area contributed by atoms with E-state index in [1.807, 2.05) is 24.4 Å². The Morgan fingerprint density at radius 3 is 2.95 bits per heavy atom. The smallest absolute Gasteiger partial charge is 0.262 e. The summed E-state index contributed by atoms with van der Waals surface area (Å²) in [5.41, 5.74) is 3.24. The normalized spacial score (nSPS) is 13.3. The van der Waals surface area contributed by atoms with Crippen molar-refractivity contribution in [3.8, 4) is 0 Å². The summed E-state index contributed by atoms with van der Waals surface area (Å²) in [6, 6.07) is 7.30. The molecule has 0 aliphatic heterocycles. The van der Waals surface area contributed by atoms with Crippen molar-refractivity contribution in [2.45, 2.75) is 19.3 Å². The predicted molar refractivity (Wildman–Crippen MR) is 86.9 cm³/mol. The van der Waals surface area contributed by atoms with E-state index in [4.69, 9.17) is 11.6 Å². The number of para-hydroxylation sites is 1. The van der Waals surface area contributed by atoms with E-state index in [1.165, 1.54) is 0 Å². The highest BCUT2D eigenvalue weighted by atomic mass is 35.5. The van der Waals surface area contributed by atoms with E-state index in [-0.39, 0.29) is 5.56 Å². The number of hydrogen-bond acceptors (Lipinski definition) is 4. The fourth-order valence-corrected chi connectivity index (χ4v) is 3.09. The molecule has 0 bridgehead atoms. The molecule has 3 aromatic rings. The molecule has 1 aromatic carbocycles. The van der Waals surface area contributed by atoms with E-state index in [2.05, 4.69) is 20.3 Å². The summed E-state index contributed by atoms with van der Waals surface area (Å²) in [7, 11) is 0. The van der Waals surface area contributed by atoms with Gasteiger partial charge in [0.25, 0.3) is 5.56 Å². The van der Waals surface area contributed by atoms with Gasteiger partial charge in [-0.1, -0.05) is 23.7 Å². The molecule has 0 fully saturated rings. The monoisotopic (exact) mass is 312 g/mol. The second-order valence-electron chi connectivity index (χ2n) is 5.33. The summed E-state index contributed by atoms with van der Waals surface area (Å²) >= 11 is 6.11. The van der Waals surface area contributed by atoms with Gasteiger partial charge >= 0.3 is 0 Å². The van der Waals surface area contributed by atoms with E-state index in [9.17, 15) is 4.79 Å². The minimum absolute atomic E-state index is 0.161. The van der Waals surface area contributed by atoms with Crippen LogP contribution in [0.25, 0.3) is 11.0 Å². The third-order valence-electron chi connectivity index (χ3n) is 3.93. The lowest BCUT2D eigenvalue weighted by Gasteiger charge is -2.09. The molecule has 0 saturated carbocycles. The molecule has 6 heteroatoms. The number of H-pyrrole nitrogens is 1. The van der Waals surface area contributed by atoms with Gasteiger partial charge < -0.3 is 5.32 Å². The van der Waals surface area contributed by atoms with E-state index < -0.39 is 0 Å². The molecule has 1 aliphatic rings. The van der Waals surface area contributed by atoms with E-state index in [0.29, 0.717) is 27.7 Å². The first-order chi connectivity index (χ1) is 10.7. The van der Waals surface area contributed by atoms with Crippen molar-refractivity contribution < 1.29 is 0 Å². The lowest BCUT2D eigenvalue weighted by atomic mass is 10.1. The SMILES string of the molecule is O=c1[nH]c(Nc2ccccc2Cl)nc2ncc3c(c12)CCC3. The molecular formula is C16H13ClN4O. The van der Waals surface area contributed by atoms with Gasteiger partial charge in [-0.3, -0.25) is 9.78 Å². The first-order valence-electron chi connectivity index (χ1n) is 7.15. The third kappa shape index (κ3) is 2.14. The zero-order valence-electron chi connectivity index (χ0n) is 11.7. The minimum atomic E-state index is -0.161. The first-order valence-corrected chi connectivity index (χ1v) is 7.52. The Labute approximate surface area is 131 Å². The molecule has 2 N–H and O–H groups in total. The highest BCUT2D eigenvalue weighted by Crippen LogP contribution is 2.27. The van der Waals surface area contributed by atoms with Crippen LogP contribution < -0.4 is 10.9 Å². The number of pyridine rings is 1. The standard InChI is InChI=1S/C16H13ClN4O/c17-11-6-1-2-7-12(11)19-16-20-14-13(15(22)21-16)10-5-3-4-9(10)8-18-14/h1-2,6-8H,3-5H2,(H2,18,19,20,21,22). The number of rotatable bonds is 2. The Morgan fingerprint density at radius 1 is 1.23 bits per heavy atom. The van der Waals surface area contributed by atoms with Gasteiger partial charge in [0.05, 0.1) is 16.1 Å². The van der Waals surface area contributed by atoms with Gasteiger partial charge in [-0.15, -0.1) is 0 Å². The summed E-state index contributed by atoms with van der Waals surface area (Å²) in [6.07, 6.45) is 4.79. The topological polar surface area (TPSA) is 70.7 Å². The molecule has 0 radical (unpaired) electrons. The van der Waals surface area contributed by atoms with Crippen molar-refractivity contribution in [1.82, 2.24) is 15.0 Å². The first kappa shape index (κ1) is 13.3. The largest absolute Gasteiger partial charge is 0.324 e. The lowest BCUT2D eigenvalue weighted by molar-refractivity contribution is 0.912. The van der Waals surface area contributed by atoms with Crippen LogP contribution in [0.2, 0.25) is 5.02 Å². The van der Waals surface area contributed by atoms with Crippen LogP contribution in [0.1, 0.15) is 17.5 Å². The summed E-state index contributed by atoms with van der Waals surface area (Å²) in [6.45, 7) is 0. The molecule has 0 unspecified atom stereocenters. The number of anilines is 2. The molecule has 0 atom stereocenters. The van der Waals surface area contributed by atoms with Gasteiger partial charge in [0.2, 0.25) is 5.95 Å². The van der Waals surface area contributed by atoms with Crippen molar-refractivity contribution in [2.75, 3.05) is 5.32 Å². The Morgan fingerprint density at radius 2 is 2.09 bits per heavy atom. The summed E-state index contributed by atoms with van der Waals surface area (Å²) in [4.78, 5) is 24.0. The van der Waals surface area contributed by atoms with Crippen LogP contribution in [-0.2, 0) is 12.8 Å². The van der Waals surface area contributed by atoms with Crippen LogP contribution in [0.3, 0.4) is 0 Å². The van der Waals surface area contributed by atoms with Crippen molar-refractivity contribution >= 4 is 34.3 Å². The number of aryl methyl sites for hydroxylation is 2. The van der Waals surface area contributed by atoms with E-state index >= 15 is 0 Å². The molecule has 2 heterocycles. The Kier molecular flexibility index (Phi) is 3.08. The highest BCUT2D eigenvalue weighted by molar-refractivity contribution is 6.33. The number of nitrogens with zero attached hydrogens (tertiary/aromatic N) is 2. The van der Waals surface area contributed by atoms with Crippen LogP contribution in [0.4, 0.5) is 11.6 Å². The van der Waals surface area contributed by atoms with Crippen molar-refractivity contribution in [1.29, 1.82) is 0 Å². The van der Waals surface area contributed by atoms with Crippen molar-refractivity contribution in [2.24, 2.45) is 0 Å². The number of benzene rings is 1. The fraction of sp³-hybridized carbons (Fsp3) is 0.188. The number of aromatic nitrogens is 3. The molecule has 0 amide bonds. The van der Waals surface area contributed by atoms with Crippen LogP contribution in [0.5, 0.6) is 0 Å². The summed E-state index contributed by atoms with van der Waals surface area (Å²) in [5, 5.41) is 4.21. The second-order valence-corrected chi connectivity index (χ2v) is 5.74. The van der Waals surface area contributed by atoms with Gasteiger partial charge in [0.1, 0.15) is 0 Å². The lowest BCUT2D eigenvalue weighted by Crippen LogP contribution is -2.14. The molecule has 22 heavy (non-hydrogen) atoms. The number of nitrogens with one attached hydrogen (secondary N) is 2. The average molecular weight is 313 g/mol. The molecule has 0 spiro atoms. The van der Waals surface area contributed by atoms with E-state index in [0.717, 1.165) is 30.4 Å². The summed E-state index contributed by atoms with van der Waals surface area (Å²) < 4.78 is 0. The number of fused-ring (bicyclic) bond motifs is 3. The molecule has 5 nitrogen and oxygen atoms in total. The van der Waals surface area contributed by atoms with Crippen LogP contribution >= 0.6 is 11.6 Å². The molecule has 1 aliphatic carbocycles. The van der Waals surface area contributed by atoms with Crippen molar-refractivity contribution in [3.05, 3.63) is 57.0 Å². The maximum atomic E-state index is 12.4. The highest BCUT2D eigenvalue weighted by Gasteiger charge is 2.18. The van der Waals surface area contributed by atoms with Crippen molar-refractivity contribution in [3.63, 3.8) is 0 Å². The predicted octanol–water partition coefficient (Wildman–Crippen LogP) is 3.20. The van der Waals surface area contributed by atoms with Crippen LogP contribution in [0.15, 0.2) is 35.3 Å². The summed E-state index contributed by atoms with van der Waals surface area (Å²) in [5.74, 6) is 0.344. The van der Waals surface area contributed by atoms with Gasteiger partial charge in [0, 0.05) is 6.20 Å². The molecule has 0 saturated heterocycles. The van der Waals surface area contributed by atoms with Gasteiger partial charge in [-0.25, -0.2) is 4.98 Å². The van der Waals surface area contributed by atoms with Crippen LogP contribution in [-0.4, -0.2) is 15.0 Å². The Balaban J connectivity index is 1.83. The Hall–Kier alpha value is -2.40. The van der Waals surface area contributed by atoms with Gasteiger partial charge in [-0.05, 0) is 42.5 Å². The third-order valence-corrected chi connectivity index (χ3v) is 4.26. The maximum Gasteiger partial charge on any atom is 0.262 e. The number of halogens is 1. The zero-order valence-corrected chi connectivity index (χ0v) is 12.4. The van der Waals surface area contributed by atoms with Crippen LogP contribution in [0, 0.1) is 0 Å². The molecule has 4 rings (SSSR count). The Bertz CT molecular complexity index is 935. The second kappa shape index (κ2) is 5.10. The quantitative estimate of drug-likeness (QED) is 0.762. The molecular weight excluding hydrogens is 300 g/mol. The van der Waals surface area contributed by atoms with Gasteiger partial charge in [0.15, 0.2) is 5.65 Å². The molecule has 2 aromatic heterocycles. The van der Waals surface area contributed by atoms with Gasteiger partial charge in [-0.2, -0.15) is 4.98 Å². The number of hydrogen-bond donors (Lipinski definition) is 2. The maximum absolute atomic E-state index is 12.4. The molecule has 110 valence electrons. The zero-order chi connectivity index (χ0) is 15.1. The fourth-order valence-electron chi connectivity index (χ4n) is 2.91.